The second kappa shape index (κ2) is 11.4. The summed E-state index contributed by atoms with van der Waals surface area (Å²) in [5.41, 5.74) is 1.06. The fourth-order valence-electron chi connectivity index (χ4n) is 3.01. The molecule has 1 saturated heterocycles. The summed E-state index contributed by atoms with van der Waals surface area (Å²) >= 11 is 1.82. The third-order valence-corrected chi connectivity index (χ3v) is 5.33. The Hall–Kier alpha value is -1.48. The van der Waals surface area contributed by atoms with Crippen LogP contribution < -0.4 is 15.5 Å². The van der Waals surface area contributed by atoms with Gasteiger partial charge in [-0.1, -0.05) is 12.2 Å². The number of halogens is 1. The van der Waals surface area contributed by atoms with Gasteiger partial charge in [0.2, 0.25) is 0 Å². The highest BCUT2D eigenvalue weighted by Crippen LogP contribution is 2.24. The summed E-state index contributed by atoms with van der Waals surface area (Å²) in [5.74, 6) is 1.86. The van der Waals surface area contributed by atoms with Crippen molar-refractivity contribution in [3.05, 3.63) is 53.8 Å². The van der Waals surface area contributed by atoms with Crippen LogP contribution in [0.25, 0.3) is 0 Å². The minimum absolute atomic E-state index is 0. The molecule has 0 aliphatic carbocycles. The summed E-state index contributed by atoms with van der Waals surface area (Å²) < 4.78 is 5.39. The van der Waals surface area contributed by atoms with Crippen LogP contribution in [0.2, 0.25) is 0 Å². The molecular formula is C20H29IN4OS. The zero-order valence-electron chi connectivity index (χ0n) is 15.8. The number of nitrogens with zero attached hydrogens (tertiary/aromatic N) is 2. The Labute approximate surface area is 183 Å². The third kappa shape index (κ3) is 7.21. The molecule has 2 aromatic rings. The van der Waals surface area contributed by atoms with E-state index in [4.69, 9.17) is 4.42 Å². The number of anilines is 1. The Balaban J connectivity index is 0.00000261. The number of hydrogen-bond acceptors (Lipinski definition) is 4. The number of hydrogen-bond donors (Lipinski definition) is 2. The molecule has 0 unspecified atom stereocenters. The molecule has 27 heavy (non-hydrogen) atoms. The first-order valence-electron chi connectivity index (χ1n) is 9.21. The van der Waals surface area contributed by atoms with Crippen LogP contribution in [0.3, 0.4) is 0 Å². The van der Waals surface area contributed by atoms with Crippen molar-refractivity contribution < 1.29 is 4.42 Å². The quantitative estimate of drug-likeness (QED) is 0.258. The van der Waals surface area contributed by atoms with Crippen LogP contribution in [0.1, 0.15) is 25.5 Å². The normalized spacial score (nSPS) is 15.3. The Bertz CT molecular complexity index is 692. The lowest BCUT2D eigenvalue weighted by Crippen LogP contribution is -2.49. The van der Waals surface area contributed by atoms with Gasteiger partial charge in [-0.3, -0.25) is 0 Å². The van der Waals surface area contributed by atoms with E-state index >= 15 is 0 Å². The van der Waals surface area contributed by atoms with Crippen molar-refractivity contribution in [2.75, 3.05) is 31.1 Å². The molecule has 0 bridgehead atoms. The number of rotatable bonds is 7. The molecule has 3 heterocycles. The van der Waals surface area contributed by atoms with Crippen molar-refractivity contribution in [2.45, 2.75) is 32.2 Å². The van der Waals surface area contributed by atoms with Gasteiger partial charge in [0, 0.05) is 32.1 Å². The second-order valence-corrected chi connectivity index (χ2v) is 7.66. The van der Waals surface area contributed by atoms with E-state index in [9.17, 15) is 0 Å². The van der Waals surface area contributed by atoms with Crippen LogP contribution in [0, 0.1) is 0 Å². The van der Waals surface area contributed by atoms with Crippen molar-refractivity contribution in [3.8, 4) is 0 Å². The average molecular weight is 500 g/mol. The van der Waals surface area contributed by atoms with E-state index in [0.29, 0.717) is 12.6 Å². The number of furan rings is 1. The van der Waals surface area contributed by atoms with Gasteiger partial charge in [-0.15, -0.1) is 35.3 Å². The highest BCUT2D eigenvalue weighted by Gasteiger charge is 2.20. The predicted octanol–water partition coefficient (Wildman–Crippen LogP) is 4.28. The van der Waals surface area contributed by atoms with Crippen LogP contribution >= 0.6 is 35.3 Å². The summed E-state index contributed by atoms with van der Waals surface area (Å²) in [4.78, 5) is 7.13. The molecular weight excluding hydrogens is 471 g/mol. The molecule has 2 N–H and O–H groups in total. The van der Waals surface area contributed by atoms with Gasteiger partial charge < -0.3 is 20.0 Å². The molecule has 0 amide bonds. The lowest BCUT2D eigenvalue weighted by molar-refractivity contribution is 0.461. The van der Waals surface area contributed by atoms with Crippen LogP contribution in [0.15, 0.2) is 57.5 Å². The standard InChI is InChI=1S/C20H28N4OS.HI/c1-16(2)15-22-20(21-10-7-18-5-3-13-25-18)23-17-8-11-24(12-9-17)19-6-4-14-26-19;/h3-6,13-14,17H,1,7-12,15H2,2H3,(H2,21,22,23);1H. The molecule has 0 spiro atoms. The summed E-state index contributed by atoms with van der Waals surface area (Å²) in [5, 5.41) is 10.5. The first-order valence-corrected chi connectivity index (χ1v) is 10.1. The fourth-order valence-corrected chi connectivity index (χ4v) is 3.80. The Morgan fingerprint density at radius 2 is 2.15 bits per heavy atom. The van der Waals surface area contributed by atoms with Gasteiger partial charge in [0.05, 0.1) is 17.8 Å². The highest BCUT2D eigenvalue weighted by molar-refractivity contribution is 14.0. The Kier molecular flexibility index (Phi) is 9.20. The maximum Gasteiger partial charge on any atom is 0.191 e. The van der Waals surface area contributed by atoms with Gasteiger partial charge in [-0.05, 0) is 49.4 Å². The van der Waals surface area contributed by atoms with Crippen molar-refractivity contribution in [3.63, 3.8) is 0 Å². The highest BCUT2D eigenvalue weighted by atomic mass is 127. The topological polar surface area (TPSA) is 52.8 Å². The third-order valence-electron chi connectivity index (χ3n) is 4.40. The van der Waals surface area contributed by atoms with E-state index in [0.717, 1.165) is 56.2 Å². The SMILES string of the molecule is C=C(C)CN=C(NCCc1ccco1)NC1CCN(c2cccs2)CC1.I. The van der Waals surface area contributed by atoms with Crippen LogP contribution in [-0.4, -0.2) is 38.2 Å². The minimum atomic E-state index is 0. The lowest BCUT2D eigenvalue weighted by atomic mass is 10.1. The van der Waals surface area contributed by atoms with Crippen molar-refractivity contribution in [2.24, 2.45) is 4.99 Å². The minimum Gasteiger partial charge on any atom is -0.469 e. The van der Waals surface area contributed by atoms with Gasteiger partial charge in [0.1, 0.15) is 5.76 Å². The first kappa shape index (κ1) is 21.8. The van der Waals surface area contributed by atoms with Gasteiger partial charge in [0.25, 0.3) is 0 Å². The number of guanidine groups is 1. The zero-order chi connectivity index (χ0) is 18.2. The first-order chi connectivity index (χ1) is 12.7. The molecule has 0 atom stereocenters. The lowest BCUT2D eigenvalue weighted by Gasteiger charge is -2.33. The second-order valence-electron chi connectivity index (χ2n) is 6.74. The van der Waals surface area contributed by atoms with E-state index in [1.54, 1.807) is 6.26 Å². The van der Waals surface area contributed by atoms with Crippen molar-refractivity contribution in [1.29, 1.82) is 0 Å². The molecule has 5 nitrogen and oxygen atoms in total. The van der Waals surface area contributed by atoms with Crippen LogP contribution in [-0.2, 0) is 6.42 Å². The smallest absolute Gasteiger partial charge is 0.191 e. The van der Waals surface area contributed by atoms with E-state index in [-0.39, 0.29) is 24.0 Å². The molecule has 7 heteroatoms. The molecule has 2 aromatic heterocycles. The molecule has 0 radical (unpaired) electrons. The summed E-state index contributed by atoms with van der Waals surface area (Å²) in [6.07, 6.45) is 4.79. The zero-order valence-corrected chi connectivity index (χ0v) is 19.0. The summed E-state index contributed by atoms with van der Waals surface area (Å²) in [6.45, 7) is 9.56. The molecule has 148 valence electrons. The van der Waals surface area contributed by atoms with E-state index in [1.165, 1.54) is 5.00 Å². The Morgan fingerprint density at radius 1 is 1.33 bits per heavy atom. The monoisotopic (exact) mass is 500 g/mol. The molecule has 1 aliphatic rings. The molecule has 1 aliphatic heterocycles. The number of piperidine rings is 1. The predicted molar refractivity (Wildman–Crippen MR) is 126 cm³/mol. The van der Waals surface area contributed by atoms with Gasteiger partial charge in [-0.2, -0.15) is 0 Å². The maximum atomic E-state index is 5.39. The van der Waals surface area contributed by atoms with E-state index < -0.39 is 0 Å². The average Bonchev–Trinajstić information content (AvgIpc) is 3.34. The number of nitrogens with one attached hydrogen (secondary N) is 2. The van der Waals surface area contributed by atoms with Gasteiger partial charge in [0.15, 0.2) is 5.96 Å². The molecule has 0 aromatic carbocycles. The maximum absolute atomic E-state index is 5.39. The van der Waals surface area contributed by atoms with Gasteiger partial charge >= 0.3 is 0 Å². The number of aliphatic imine (C=N–C) groups is 1. The molecule has 1 fully saturated rings. The fraction of sp³-hybridized carbons (Fsp3) is 0.450. The largest absolute Gasteiger partial charge is 0.469 e. The van der Waals surface area contributed by atoms with Gasteiger partial charge in [-0.25, -0.2) is 4.99 Å². The molecule has 3 rings (SSSR count). The Morgan fingerprint density at radius 3 is 2.78 bits per heavy atom. The molecule has 0 saturated carbocycles. The van der Waals surface area contributed by atoms with E-state index in [1.807, 2.05) is 30.4 Å². The van der Waals surface area contributed by atoms with Crippen molar-refractivity contribution >= 4 is 46.3 Å². The summed E-state index contributed by atoms with van der Waals surface area (Å²) in [7, 11) is 0. The van der Waals surface area contributed by atoms with Crippen LogP contribution in [0.4, 0.5) is 5.00 Å². The van der Waals surface area contributed by atoms with Crippen molar-refractivity contribution in [1.82, 2.24) is 10.6 Å². The van der Waals surface area contributed by atoms with Crippen LogP contribution in [0.5, 0.6) is 0 Å². The van der Waals surface area contributed by atoms with E-state index in [2.05, 4.69) is 44.6 Å². The summed E-state index contributed by atoms with van der Waals surface area (Å²) in [6, 6.07) is 8.70. The number of thiophene rings is 1.